The molecule has 1 unspecified atom stereocenters. The average Bonchev–Trinajstić information content (AvgIpc) is 3.27. The number of nitrogens with one attached hydrogen (secondary N) is 1. The predicted molar refractivity (Wildman–Crippen MR) is 137 cm³/mol. The number of fused-ring (bicyclic) bond motifs is 2. The van der Waals surface area contributed by atoms with Gasteiger partial charge in [0.2, 0.25) is 5.78 Å². The number of halogens is 1. The first-order valence-electron chi connectivity index (χ1n) is 11.5. The van der Waals surface area contributed by atoms with Crippen LogP contribution in [0.2, 0.25) is 0 Å². The van der Waals surface area contributed by atoms with Crippen LogP contribution in [0, 0.1) is 12.3 Å². The van der Waals surface area contributed by atoms with Gasteiger partial charge < -0.3 is 10.1 Å². The van der Waals surface area contributed by atoms with E-state index in [4.69, 9.17) is 9.73 Å². The van der Waals surface area contributed by atoms with E-state index in [1.807, 2.05) is 6.92 Å². The van der Waals surface area contributed by atoms with Crippen LogP contribution in [-0.4, -0.2) is 49.6 Å². The standard InChI is InChI=1S/C26H22BrN3O5S/c1-14-3-5-16(6-4-14)36(33,34)30-13-15-8-10-28-22-20(15)24(30)25(32)23-21(22)26(12-19(29-23)35-2)9-7-18(31)17(27)11-26/h3-7,9,11,13,19,29H,8,10,12H2,1-2H3/t19?,26-/m0/s1. The maximum absolute atomic E-state index is 14.1. The zero-order valence-electron chi connectivity index (χ0n) is 19.5. The van der Waals surface area contributed by atoms with Crippen molar-refractivity contribution in [3.05, 3.63) is 86.8 Å². The van der Waals surface area contributed by atoms with Gasteiger partial charge >= 0.3 is 0 Å². The maximum Gasteiger partial charge on any atom is 0.268 e. The lowest BCUT2D eigenvalue weighted by molar-refractivity contribution is -0.110. The number of aryl methyl sites for hydroxylation is 1. The molecule has 1 aromatic carbocycles. The number of ether oxygens (including phenoxy) is 1. The number of benzene rings is 1. The molecule has 4 aliphatic rings. The van der Waals surface area contributed by atoms with Crippen molar-refractivity contribution in [2.45, 2.75) is 30.9 Å². The summed E-state index contributed by atoms with van der Waals surface area (Å²) in [6, 6.07) is 6.55. The molecule has 184 valence electrons. The van der Waals surface area contributed by atoms with E-state index in [9.17, 15) is 18.0 Å². The van der Waals surface area contributed by atoms with Crippen molar-refractivity contribution >= 4 is 43.2 Å². The first-order chi connectivity index (χ1) is 17.2. The van der Waals surface area contributed by atoms with Crippen molar-refractivity contribution in [2.75, 3.05) is 13.7 Å². The summed E-state index contributed by atoms with van der Waals surface area (Å²) in [6.07, 6.45) is 7.04. The number of Topliss-reactive ketones (excluding diaryl/α,β-unsaturated/α-hetero) is 1. The van der Waals surface area contributed by atoms with Crippen molar-refractivity contribution in [3.8, 4) is 0 Å². The highest BCUT2D eigenvalue weighted by Gasteiger charge is 2.50. The molecule has 0 amide bonds. The molecule has 0 saturated heterocycles. The summed E-state index contributed by atoms with van der Waals surface area (Å²) < 4.78 is 34.5. The number of aromatic nitrogens is 1. The fourth-order valence-corrected chi connectivity index (χ4v) is 7.35. The molecular formula is C26H22BrN3O5S. The number of hydrogen-bond acceptors (Lipinski definition) is 7. The second kappa shape index (κ2) is 7.96. The topological polar surface area (TPSA) is 107 Å². The summed E-state index contributed by atoms with van der Waals surface area (Å²) in [5.74, 6) is -0.613. The van der Waals surface area contributed by atoms with E-state index in [0.29, 0.717) is 40.7 Å². The molecule has 36 heavy (non-hydrogen) atoms. The van der Waals surface area contributed by atoms with Gasteiger partial charge in [0.1, 0.15) is 11.9 Å². The minimum Gasteiger partial charge on any atom is -0.362 e. The third-order valence-electron chi connectivity index (χ3n) is 7.18. The quantitative estimate of drug-likeness (QED) is 0.610. The van der Waals surface area contributed by atoms with Gasteiger partial charge in [0.15, 0.2) is 5.78 Å². The van der Waals surface area contributed by atoms with Crippen molar-refractivity contribution in [1.29, 1.82) is 0 Å². The van der Waals surface area contributed by atoms with Gasteiger partial charge in [-0.25, -0.2) is 12.4 Å². The SMILES string of the molecule is COC1C[C@@]2(C=CC(=O)C(Br)=C2)C2=C(N1)C(=O)c1c3c(cn1S(=O)(=O)c1ccc(C)cc1)CCN=C23. The van der Waals surface area contributed by atoms with E-state index < -0.39 is 27.4 Å². The van der Waals surface area contributed by atoms with Crippen LogP contribution in [0.1, 0.15) is 33.6 Å². The minimum atomic E-state index is -4.04. The molecule has 6 rings (SSSR count). The van der Waals surface area contributed by atoms with E-state index in [-0.39, 0.29) is 22.1 Å². The molecule has 10 heteroatoms. The molecule has 8 nitrogen and oxygen atoms in total. The first kappa shape index (κ1) is 23.3. The lowest BCUT2D eigenvalue weighted by Crippen LogP contribution is -2.50. The zero-order valence-corrected chi connectivity index (χ0v) is 21.9. The van der Waals surface area contributed by atoms with Crippen LogP contribution in [0.4, 0.5) is 0 Å². The molecule has 2 aliphatic heterocycles. The molecule has 0 saturated carbocycles. The van der Waals surface area contributed by atoms with Gasteiger partial charge in [0, 0.05) is 42.8 Å². The van der Waals surface area contributed by atoms with E-state index in [1.54, 1.807) is 42.6 Å². The van der Waals surface area contributed by atoms with E-state index in [0.717, 1.165) is 15.1 Å². The van der Waals surface area contributed by atoms with Crippen molar-refractivity contribution in [1.82, 2.24) is 9.29 Å². The summed E-state index contributed by atoms with van der Waals surface area (Å²) in [4.78, 5) is 31.2. The number of rotatable bonds is 3. The Kier molecular flexibility index (Phi) is 5.16. The Labute approximate surface area is 216 Å². The molecule has 0 radical (unpaired) electrons. The summed E-state index contributed by atoms with van der Waals surface area (Å²) in [7, 11) is -2.51. The van der Waals surface area contributed by atoms with Crippen LogP contribution in [0.15, 0.2) is 74.3 Å². The molecular weight excluding hydrogens is 546 g/mol. The second-order valence-electron chi connectivity index (χ2n) is 9.35. The lowest BCUT2D eigenvalue weighted by Gasteiger charge is -2.44. The molecule has 1 spiro atoms. The summed E-state index contributed by atoms with van der Waals surface area (Å²) in [5.41, 5.74) is 2.94. The summed E-state index contributed by atoms with van der Waals surface area (Å²) >= 11 is 3.37. The van der Waals surface area contributed by atoms with Crippen molar-refractivity contribution in [3.63, 3.8) is 0 Å². The van der Waals surface area contributed by atoms with Gasteiger partial charge in [0.05, 0.1) is 20.8 Å². The number of methoxy groups -OCH3 is 1. The van der Waals surface area contributed by atoms with Crippen LogP contribution < -0.4 is 5.32 Å². The third kappa shape index (κ3) is 3.21. The van der Waals surface area contributed by atoms with E-state index >= 15 is 0 Å². The number of carbonyl (C=O) groups excluding carboxylic acids is 2. The minimum absolute atomic E-state index is 0.0705. The fourth-order valence-electron chi connectivity index (χ4n) is 5.42. The van der Waals surface area contributed by atoms with Gasteiger partial charge in [-0.2, -0.15) is 0 Å². The van der Waals surface area contributed by atoms with Gasteiger partial charge in [-0.05, 0) is 53.0 Å². The summed E-state index contributed by atoms with van der Waals surface area (Å²) in [5, 5.41) is 3.17. The molecule has 1 aromatic heterocycles. The van der Waals surface area contributed by atoms with Crippen LogP contribution in [0.5, 0.6) is 0 Å². The highest BCUT2D eigenvalue weighted by atomic mass is 79.9. The summed E-state index contributed by atoms with van der Waals surface area (Å²) in [6.45, 7) is 2.34. The molecule has 2 aliphatic carbocycles. The first-order valence-corrected chi connectivity index (χ1v) is 13.7. The number of nitrogens with zero attached hydrogens (tertiary/aromatic N) is 2. The van der Waals surface area contributed by atoms with E-state index in [1.165, 1.54) is 13.2 Å². The number of carbonyl (C=O) groups is 2. The smallest absolute Gasteiger partial charge is 0.268 e. The largest absolute Gasteiger partial charge is 0.362 e. The van der Waals surface area contributed by atoms with Crippen molar-refractivity contribution < 1.29 is 22.7 Å². The Morgan fingerprint density at radius 2 is 1.97 bits per heavy atom. The normalized spacial score (nSPS) is 24.8. The Morgan fingerprint density at radius 3 is 2.67 bits per heavy atom. The Balaban J connectivity index is 1.60. The molecule has 1 N–H and O–H groups in total. The number of allylic oxidation sites excluding steroid dienone is 6. The monoisotopic (exact) mass is 567 g/mol. The Morgan fingerprint density at radius 1 is 1.22 bits per heavy atom. The maximum atomic E-state index is 14.1. The molecule has 2 aromatic rings. The number of hydrogen-bond donors (Lipinski definition) is 1. The molecule has 0 fully saturated rings. The highest BCUT2D eigenvalue weighted by Crippen LogP contribution is 2.49. The zero-order chi connectivity index (χ0) is 25.4. The number of ketones is 2. The second-order valence-corrected chi connectivity index (χ2v) is 12.0. The average molecular weight is 568 g/mol. The molecule has 0 bridgehead atoms. The van der Waals surface area contributed by atoms with Gasteiger partial charge in [0.25, 0.3) is 10.0 Å². The number of aliphatic imine (C=N–C) groups is 1. The van der Waals surface area contributed by atoms with Crippen LogP contribution in [0.3, 0.4) is 0 Å². The molecule has 2 atom stereocenters. The Bertz CT molecular complexity index is 1590. The van der Waals surface area contributed by atoms with Gasteiger partial charge in [-0.3, -0.25) is 14.6 Å². The van der Waals surface area contributed by atoms with Gasteiger partial charge in [-0.15, -0.1) is 0 Å². The van der Waals surface area contributed by atoms with Crippen LogP contribution in [0.25, 0.3) is 0 Å². The van der Waals surface area contributed by atoms with Gasteiger partial charge in [-0.1, -0.05) is 29.8 Å². The fraction of sp³-hybridized carbons (Fsp3) is 0.269. The van der Waals surface area contributed by atoms with E-state index in [2.05, 4.69) is 21.2 Å². The highest BCUT2D eigenvalue weighted by molar-refractivity contribution is 9.12. The molecule has 3 heterocycles. The van der Waals surface area contributed by atoms with Crippen LogP contribution >= 0.6 is 15.9 Å². The lowest BCUT2D eigenvalue weighted by atomic mass is 9.66. The van der Waals surface area contributed by atoms with Crippen molar-refractivity contribution in [2.24, 2.45) is 10.4 Å². The Hall–Kier alpha value is -3.08. The predicted octanol–water partition coefficient (Wildman–Crippen LogP) is 3.20. The third-order valence-corrected chi connectivity index (χ3v) is 9.47. The van der Waals surface area contributed by atoms with Crippen LogP contribution in [-0.2, 0) is 26.0 Å².